The maximum atomic E-state index is 11.2. The van der Waals surface area contributed by atoms with E-state index in [1.54, 1.807) is 6.08 Å². The summed E-state index contributed by atoms with van der Waals surface area (Å²) in [6.07, 6.45) is 3.77. The summed E-state index contributed by atoms with van der Waals surface area (Å²) in [5, 5.41) is 9.51. The molecule has 0 fully saturated rings. The summed E-state index contributed by atoms with van der Waals surface area (Å²) in [7, 11) is 1.31. The van der Waals surface area contributed by atoms with Gasteiger partial charge in [0.2, 0.25) is 0 Å². The molecule has 1 heterocycles. The van der Waals surface area contributed by atoms with Crippen LogP contribution in [0.3, 0.4) is 0 Å². The lowest BCUT2D eigenvalue weighted by Gasteiger charge is -2.10. The van der Waals surface area contributed by atoms with Gasteiger partial charge in [0.25, 0.3) is 5.91 Å². The average Bonchev–Trinajstić information content (AvgIpc) is 2.79. The molecule has 4 heteroatoms. The SMILES string of the molecule is Cc1ccc(C)n1-c1ccc(C/C=C/C(=O)N(C)O)cc1. The van der Waals surface area contributed by atoms with Gasteiger partial charge < -0.3 is 4.57 Å². The lowest BCUT2D eigenvalue weighted by Crippen LogP contribution is -2.19. The van der Waals surface area contributed by atoms with Crippen molar-refractivity contribution in [3.8, 4) is 5.69 Å². The van der Waals surface area contributed by atoms with Crippen molar-refractivity contribution in [2.24, 2.45) is 0 Å². The van der Waals surface area contributed by atoms with E-state index in [4.69, 9.17) is 5.21 Å². The van der Waals surface area contributed by atoms with Crippen LogP contribution in [0.1, 0.15) is 17.0 Å². The Morgan fingerprint density at radius 3 is 2.24 bits per heavy atom. The van der Waals surface area contributed by atoms with Crippen LogP contribution in [0.25, 0.3) is 5.69 Å². The van der Waals surface area contributed by atoms with Crippen molar-refractivity contribution >= 4 is 5.91 Å². The summed E-state index contributed by atoms with van der Waals surface area (Å²) in [5.41, 5.74) is 4.66. The molecule has 4 nitrogen and oxygen atoms in total. The molecule has 0 aliphatic carbocycles. The van der Waals surface area contributed by atoms with Gasteiger partial charge in [0.05, 0.1) is 0 Å². The molecule has 21 heavy (non-hydrogen) atoms. The molecule has 110 valence electrons. The summed E-state index contributed by atoms with van der Waals surface area (Å²) in [5.74, 6) is -0.426. The molecule has 0 aliphatic rings. The molecule has 0 atom stereocenters. The van der Waals surface area contributed by atoms with Gasteiger partial charge in [-0.1, -0.05) is 18.2 Å². The second-order valence-electron chi connectivity index (χ2n) is 5.09. The number of hydrogen-bond acceptors (Lipinski definition) is 2. The van der Waals surface area contributed by atoms with Crippen LogP contribution >= 0.6 is 0 Å². The highest BCUT2D eigenvalue weighted by Gasteiger charge is 2.03. The predicted molar refractivity (Wildman–Crippen MR) is 82.6 cm³/mol. The quantitative estimate of drug-likeness (QED) is 0.533. The fourth-order valence-electron chi connectivity index (χ4n) is 2.26. The van der Waals surface area contributed by atoms with E-state index < -0.39 is 5.91 Å². The maximum Gasteiger partial charge on any atom is 0.269 e. The number of aromatic nitrogens is 1. The van der Waals surface area contributed by atoms with E-state index in [0.29, 0.717) is 11.5 Å². The summed E-state index contributed by atoms with van der Waals surface area (Å²) in [6, 6.07) is 12.4. The Morgan fingerprint density at radius 2 is 1.71 bits per heavy atom. The van der Waals surface area contributed by atoms with Crippen molar-refractivity contribution in [1.29, 1.82) is 0 Å². The fraction of sp³-hybridized carbons (Fsp3) is 0.235. The minimum atomic E-state index is -0.426. The van der Waals surface area contributed by atoms with Crippen LogP contribution in [0.5, 0.6) is 0 Å². The number of rotatable bonds is 4. The molecule has 0 radical (unpaired) electrons. The Kier molecular flexibility index (Phi) is 4.60. The largest absolute Gasteiger partial charge is 0.319 e. The van der Waals surface area contributed by atoms with E-state index in [2.05, 4.69) is 42.7 Å². The van der Waals surface area contributed by atoms with E-state index in [9.17, 15) is 4.79 Å². The predicted octanol–water partition coefficient (Wildman–Crippen LogP) is 3.04. The second kappa shape index (κ2) is 6.41. The van der Waals surface area contributed by atoms with Crippen molar-refractivity contribution in [1.82, 2.24) is 9.63 Å². The van der Waals surface area contributed by atoms with Crippen molar-refractivity contribution in [3.63, 3.8) is 0 Å². The van der Waals surface area contributed by atoms with Gasteiger partial charge >= 0.3 is 0 Å². The van der Waals surface area contributed by atoms with Crippen molar-refractivity contribution in [3.05, 3.63) is 65.5 Å². The molecule has 2 aromatic rings. The third-order valence-corrected chi connectivity index (χ3v) is 3.40. The number of hydrogen-bond donors (Lipinski definition) is 1. The number of hydroxylamine groups is 2. The summed E-state index contributed by atoms with van der Waals surface area (Å²) in [4.78, 5) is 11.2. The highest BCUT2D eigenvalue weighted by molar-refractivity contribution is 5.86. The number of allylic oxidation sites excluding steroid dienone is 1. The van der Waals surface area contributed by atoms with E-state index >= 15 is 0 Å². The normalized spacial score (nSPS) is 11.0. The molecular weight excluding hydrogens is 264 g/mol. The zero-order valence-corrected chi connectivity index (χ0v) is 12.6. The molecular formula is C17H20N2O2. The van der Waals surface area contributed by atoms with Crippen LogP contribution in [0.2, 0.25) is 0 Å². The highest BCUT2D eigenvalue weighted by atomic mass is 16.5. The van der Waals surface area contributed by atoms with Crippen LogP contribution in [-0.2, 0) is 11.2 Å². The zero-order valence-electron chi connectivity index (χ0n) is 12.6. The first-order chi connectivity index (χ1) is 9.99. The van der Waals surface area contributed by atoms with Crippen molar-refractivity contribution < 1.29 is 10.0 Å². The Labute approximate surface area is 124 Å². The highest BCUT2D eigenvalue weighted by Crippen LogP contribution is 2.17. The van der Waals surface area contributed by atoms with Crippen LogP contribution in [0.4, 0.5) is 0 Å². The van der Waals surface area contributed by atoms with Gasteiger partial charge in [-0.05, 0) is 50.1 Å². The van der Waals surface area contributed by atoms with Crippen LogP contribution in [0, 0.1) is 13.8 Å². The lowest BCUT2D eigenvalue weighted by molar-refractivity contribution is -0.153. The molecule has 1 aromatic carbocycles. The zero-order chi connectivity index (χ0) is 15.4. The second-order valence-corrected chi connectivity index (χ2v) is 5.09. The number of carbonyl (C=O) groups is 1. The van der Waals surface area contributed by atoms with Gasteiger partial charge in [0, 0.05) is 30.2 Å². The smallest absolute Gasteiger partial charge is 0.269 e. The summed E-state index contributed by atoms with van der Waals surface area (Å²) >= 11 is 0. The van der Waals surface area contributed by atoms with Crippen molar-refractivity contribution in [2.45, 2.75) is 20.3 Å². The molecule has 0 saturated heterocycles. The number of nitrogens with zero attached hydrogens (tertiary/aromatic N) is 2. The molecule has 0 saturated carbocycles. The van der Waals surface area contributed by atoms with Gasteiger partial charge in [-0.25, -0.2) is 5.06 Å². The number of carbonyl (C=O) groups excluding carboxylic acids is 1. The molecule has 1 amide bonds. The van der Waals surface area contributed by atoms with Crippen LogP contribution in [0.15, 0.2) is 48.6 Å². The Balaban J connectivity index is 2.08. The number of benzene rings is 1. The van der Waals surface area contributed by atoms with Crippen molar-refractivity contribution in [2.75, 3.05) is 7.05 Å². The average molecular weight is 284 g/mol. The Morgan fingerprint density at radius 1 is 1.14 bits per heavy atom. The fourth-order valence-corrected chi connectivity index (χ4v) is 2.26. The molecule has 1 aromatic heterocycles. The van der Waals surface area contributed by atoms with E-state index in [1.807, 2.05) is 12.1 Å². The molecule has 1 N–H and O–H groups in total. The minimum absolute atomic E-state index is 0.426. The van der Waals surface area contributed by atoms with Gasteiger partial charge in [-0.15, -0.1) is 0 Å². The molecule has 0 spiro atoms. The number of amides is 1. The monoisotopic (exact) mass is 284 g/mol. The Hall–Kier alpha value is -2.33. The van der Waals surface area contributed by atoms with Crippen LogP contribution < -0.4 is 0 Å². The van der Waals surface area contributed by atoms with Crippen LogP contribution in [-0.4, -0.2) is 27.8 Å². The first-order valence-corrected chi connectivity index (χ1v) is 6.86. The van der Waals surface area contributed by atoms with E-state index in [1.165, 1.54) is 24.5 Å². The number of aryl methyl sites for hydroxylation is 2. The molecule has 2 rings (SSSR count). The third kappa shape index (κ3) is 3.61. The van der Waals surface area contributed by atoms with Gasteiger partial charge in [0.1, 0.15) is 0 Å². The molecule has 0 aliphatic heterocycles. The standard InChI is InChI=1S/C17H20N2O2/c1-13-7-8-14(2)19(13)16-11-9-15(10-12-16)5-4-6-17(20)18(3)21/h4,6-12,21H,5H2,1-3H3/b6-4+. The Bertz CT molecular complexity index is 632. The first-order valence-electron chi connectivity index (χ1n) is 6.86. The minimum Gasteiger partial charge on any atom is -0.319 e. The van der Waals surface area contributed by atoms with E-state index in [0.717, 1.165) is 11.3 Å². The molecule has 0 bridgehead atoms. The summed E-state index contributed by atoms with van der Waals surface area (Å²) < 4.78 is 2.20. The van der Waals surface area contributed by atoms with Gasteiger partial charge in [0.15, 0.2) is 0 Å². The third-order valence-electron chi connectivity index (χ3n) is 3.40. The van der Waals surface area contributed by atoms with Gasteiger partial charge in [-0.2, -0.15) is 0 Å². The summed E-state index contributed by atoms with van der Waals surface area (Å²) in [6.45, 7) is 4.17. The topological polar surface area (TPSA) is 45.5 Å². The van der Waals surface area contributed by atoms with Gasteiger partial charge in [-0.3, -0.25) is 10.0 Å². The number of likely N-dealkylation sites (N-methyl/N-ethyl adjacent to an activating group) is 1. The first kappa shape index (κ1) is 15.1. The maximum absolute atomic E-state index is 11.2. The van der Waals surface area contributed by atoms with E-state index in [-0.39, 0.29) is 0 Å². The molecule has 0 unspecified atom stereocenters. The lowest BCUT2D eigenvalue weighted by atomic mass is 10.1.